The van der Waals surface area contributed by atoms with Crippen LogP contribution in [-0.4, -0.2) is 65.6 Å². The molecule has 3 heterocycles. The molecule has 4 rings (SSSR count). The highest BCUT2D eigenvalue weighted by atomic mass is 16.5. The van der Waals surface area contributed by atoms with Gasteiger partial charge in [-0.05, 0) is 25.7 Å². The fraction of sp³-hybridized carbons (Fsp3) is 0.800. The van der Waals surface area contributed by atoms with E-state index in [-0.39, 0.29) is 11.6 Å². The second kappa shape index (κ2) is 5.67. The highest BCUT2D eigenvalue weighted by Crippen LogP contribution is 2.31. The maximum absolute atomic E-state index is 12.3. The van der Waals surface area contributed by atoms with E-state index in [2.05, 4.69) is 20.4 Å². The van der Waals surface area contributed by atoms with E-state index in [4.69, 9.17) is 9.15 Å². The summed E-state index contributed by atoms with van der Waals surface area (Å²) in [6.07, 6.45) is 4.14. The molecule has 23 heavy (non-hydrogen) atoms. The van der Waals surface area contributed by atoms with Crippen LogP contribution >= 0.6 is 0 Å². The van der Waals surface area contributed by atoms with Crippen molar-refractivity contribution in [3.63, 3.8) is 0 Å². The van der Waals surface area contributed by atoms with Gasteiger partial charge in [0, 0.05) is 26.1 Å². The molecule has 1 spiro atoms. The lowest BCUT2D eigenvalue weighted by Crippen LogP contribution is -2.62. The normalized spacial score (nSPS) is 28.2. The van der Waals surface area contributed by atoms with Gasteiger partial charge in [0.25, 0.3) is 0 Å². The molecule has 0 aromatic carbocycles. The predicted octanol–water partition coefficient (Wildman–Crippen LogP) is 0.921. The lowest BCUT2D eigenvalue weighted by molar-refractivity contribution is -0.103. The minimum absolute atomic E-state index is 0.0425. The topological polar surface area (TPSA) is 83.7 Å². The molecule has 1 atom stereocenters. The summed E-state index contributed by atoms with van der Waals surface area (Å²) >= 11 is 0. The first kappa shape index (κ1) is 14.7. The van der Waals surface area contributed by atoms with Gasteiger partial charge in [-0.15, -0.1) is 5.10 Å². The van der Waals surface area contributed by atoms with Crippen molar-refractivity contribution in [2.45, 2.75) is 44.2 Å². The molecule has 2 saturated heterocycles. The molecule has 1 aromatic heterocycles. The number of nitrogens with zero attached hydrogens (tertiary/aromatic N) is 4. The van der Waals surface area contributed by atoms with E-state index in [1.54, 1.807) is 6.92 Å². The number of nitrogens with one attached hydrogen (secondary N) is 1. The van der Waals surface area contributed by atoms with Crippen molar-refractivity contribution in [2.24, 2.45) is 0 Å². The molecule has 3 fully saturated rings. The summed E-state index contributed by atoms with van der Waals surface area (Å²) in [5.74, 6) is 0.564. The number of piperidine rings is 1. The third-order valence-electron chi connectivity index (χ3n) is 4.77. The van der Waals surface area contributed by atoms with Crippen LogP contribution in [0.25, 0.3) is 0 Å². The van der Waals surface area contributed by atoms with Crippen LogP contribution in [0.5, 0.6) is 0 Å². The number of ether oxygens (including phenoxy) is 1. The van der Waals surface area contributed by atoms with Crippen LogP contribution in [0.2, 0.25) is 0 Å². The van der Waals surface area contributed by atoms with Crippen LogP contribution in [0.3, 0.4) is 0 Å². The molecule has 1 N–H and O–H groups in total. The summed E-state index contributed by atoms with van der Waals surface area (Å²) < 4.78 is 11.7. The molecule has 0 unspecified atom stereocenters. The van der Waals surface area contributed by atoms with E-state index < -0.39 is 0 Å². The molecule has 0 radical (unpaired) electrons. The van der Waals surface area contributed by atoms with Crippen molar-refractivity contribution in [1.82, 2.24) is 20.4 Å². The molecule has 1 aromatic rings. The minimum atomic E-state index is -0.334. The van der Waals surface area contributed by atoms with Crippen LogP contribution in [-0.2, 0) is 4.74 Å². The molecule has 8 nitrogen and oxygen atoms in total. The smallest absolute Gasteiger partial charge is 0.318 e. The Balaban J connectivity index is 1.44. The number of hydrogen-bond donors (Lipinski definition) is 1. The Bertz CT molecular complexity index is 583. The number of amides is 2. The molecule has 0 bridgehead atoms. The maximum Gasteiger partial charge on any atom is 0.318 e. The Kier molecular flexibility index (Phi) is 3.63. The van der Waals surface area contributed by atoms with Crippen molar-refractivity contribution in [3.8, 4) is 0 Å². The summed E-state index contributed by atoms with van der Waals surface area (Å²) in [4.78, 5) is 16.3. The SMILES string of the molecule is Cc1nnc(N2CCC[C@]3(CN(C(=O)NC4CC4)CCO3)C2)o1. The number of rotatable bonds is 2. The average molecular weight is 321 g/mol. The molecule has 1 saturated carbocycles. The largest absolute Gasteiger partial charge is 0.408 e. The first-order valence-corrected chi connectivity index (χ1v) is 8.38. The van der Waals surface area contributed by atoms with Gasteiger partial charge < -0.3 is 24.3 Å². The average Bonchev–Trinajstić information content (AvgIpc) is 3.25. The number of morpholine rings is 1. The van der Waals surface area contributed by atoms with Crippen molar-refractivity contribution in [3.05, 3.63) is 5.89 Å². The highest BCUT2D eigenvalue weighted by Gasteiger charge is 2.43. The van der Waals surface area contributed by atoms with Crippen molar-refractivity contribution >= 4 is 12.0 Å². The molecule has 126 valence electrons. The van der Waals surface area contributed by atoms with E-state index in [9.17, 15) is 4.79 Å². The fourth-order valence-corrected chi connectivity index (χ4v) is 3.43. The Morgan fingerprint density at radius 2 is 2.17 bits per heavy atom. The number of anilines is 1. The summed E-state index contributed by atoms with van der Waals surface area (Å²) in [6, 6.07) is 0.969. The van der Waals surface area contributed by atoms with Crippen molar-refractivity contribution in [1.29, 1.82) is 0 Å². The van der Waals surface area contributed by atoms with Crippen molar-refractivity contribution < 1.29 is 13.9 Å². The number of aryl methyl sites for hydroxylation is 1. The van der Waals surface area contributed by atoms with Gasteiger partial charge in [0.2, 0.25) is 5.89 Å². The zero-order valence-corrected chi connectivity index (χ0v) is 13.5. The van der Waals surface area contributed by atoms with Gasteiger partial charge in [-0.3, -0.25) is 0 Å². The number of aromatic nitrogens is 2. The quantitative estimate of drug-likeness (QED) is 0.872. The summed E-state index contributed by atoms with van der Waals surface area (Å²) in [6.45, 7) is 5.20. The zero-order valence-electron chi connectivity index (χ0n) is 13.5. The minimum Gasteiger partial charge on any atom is -0.408 e. The first-order chi connectivity index (χ1) is 11.1. The van der Waals surface area contributed by atoms with Gasteiger partial charge in [-0.25, -0.2) is 4.79 Å². The molecule has 3 aliphatic rings. The highest BCUT2D eigenvalue weighted by molar-refractivity contribution is 5.75. The monoisotopic (exact) mass is 321 g/mol. The van der Waals surface area contributed by atoms with Gasteiger partial charge in [-0.1, -0.05) is 5.10 Å². The Labute approximate surface area is 135 Å². The molecule has 8 heteroatoms. The van der Waals surface area contributed by atoms with Crippen molar-refractivity contribution in [2.75, 3.05) is 37.7 Å². The van der Waals surface area contributed by atoms with Gasteiger partial charge >= 0.3 is 12.0 Å². The lowest BCUT2D eigenvalue weighted by atomic mass is 9.91. The van der Waals surface area contributed by atoms with Gasteiger partial charge in [0.1, 0.15) is 5.60 Å². The Morgan fingerprint density at radius 1 is 1.30 bits per heavy atom. The van der Waals surface area contributed by atoms with Gasteiger partial charge in [0.05, 0.1) is 19.7 Å². The molecular weight excluding hydrogens is 298 g/mol. The van der Waals surface area contributed by atoms with Crippen LogP contribution in [0.4, 0.5) is 10.8 Å². The van der Waals surface area contributed by atoms with Gasteiger partial charge in [0.15, 0.2) is 0 Å². The van der Waals surface area contributed by atoms with Crippen LogP contribution in [0.15, 0.2) is 4.42 Å². The van der Waals surface area contributed by atoms with E-state index in [1.165, 1.54) is 0 Å². The number of hydrogen-bond acceptors (Lipinski definition) is 6. The predicted molar refractivity (Wildman–Crippen MR) is 82.3 cm³/mol. The van der Waals surface area contributed by atoms with E-state index >= 15 is 0 Å². The Hall–Kier alpha value is -1.83. The third-order valence-corrected chi connectivity index (χ3v) is 4.77. The maximum atomic E-state index is 12.3. The van der Waals surface area contributed by atoms with Gasteiger partial charge in [-0.2, -0.15) is 0 Å². The summed E-state index contributed by atoms with van der Waals surface area (Å²) in [5, 5.41) is 11.1. The zero-order chi connectivity index (χ0) is 15.9. The molecule has 2 amide bonds. The fourth-order valence-electron chi connectivity index (χ4n) is 3.43. The second-order valence-corrected chi connectivity index (χ2v) is 6.81. The van der Waals surface area contributed by atoms with Crippen LogP contribution in [0, 0.1) is 6.92 Å². The number of carbonyl (C=O) groups excluding carboxylic acids is 1. The third kappa shape index (κ3) is 3.12. The first-order valence-electron chi connectivity index (χ1n) is 8.38. The summed E-state index contributed by atoms with van der Waals surface area (Å²) in [5.41, 5.74) is -0.334. The van der Waals surface area contributed by atoms with Crippen LogP contribution in [0.1, 0.15) is 31.6 Å². The van der Waals surface area contributed by atoms with E-state index in [0.717, 1.165) is 32.2 Å². The Morgan fingerprint density at radius 3 is 2.91 bits per heavy atom. The second-order valence-electron chi connectivity index (χ2n) is 6.81. The molecular formula is C15H23N5O3. The van der Waals surface area contributed by atoms with E-state index in [0.29, 0.717) is 44.2 Å². The number of carbonyl (C=O) groups is 1. The standard InChI is InChI=1S/C15H23N5O3/c1-11-17-18-14(23-11)20-6-2-5-15(10-20)9-19(7-8-22-15)13(21)16-12-3-4-12/h12H,2-10H2,1H3,(H,16,21)/t15-/m0/s1. The van der Waals surface area contributed by atoms with E-state index in [1.807, 2.05) is 4.90 Å². The molecule has 2 aliphatic heterocycles. The molecule has 1 aliphatic carbocycles. The summed E-state index contributed by atoms with van der Waals surface area (Å²) in [7, 11) is 0. The number of urea groups is 1. The lowest BCUT2D eigenvalue weighted by Gasteiger charge is -2.47. The van der Waals surface area contributed by atoms with Crippen LogP contribution < -0.4 is 10.2 Å².